The van der Waals surface area contributed by atoms with Crippen LogP contribution < -0.4 is 25.4 Å². The number of urea groups is 1. The third-order valence-corrected chi connectivity index (χ3v) is 9.28. The number of anilines is 2. The Morgan fingerprint density at radius 1 is 0.902 bits per heavy atom. The number of methoxy groups -OCH3 is 1. The van der Waals surface area contributed by atoms with Gasteiger partial charge in [-0.1, -0.05) is 38.0 Å². The lowest BCUT2D eigenvalue weighted by molar-refractivity contribution is 0.102. The molecule has 0 bridgehead atoms. The van der Waals surface area contributed by atoms with Gasteiger partial charge in [0.05, 0.1) is 12.6 Å². The summed E-state index contributed by atoms with van der Waals surface area (Å²) in [6.45, 7) is 5.79. The van der Waals surface area contributed by atoms with Crippen molar-refractivity contribution in [2.75, 3.05) is 44.0 Å². The van der Waals surface area contributed by atoms with Crippen LogP contribution in [0.1, 0.15) is 54.9 Å². The van der Waals surface area contributed by atoms with Crippen LogP contribution >= 0.6 is 0 Å². The summed E-state index contributed by atoms with van der Waals surface area (Å²) in [7, 11) is 1.55. The largest absolute Gasteiger partial charge is 0.493 e. The fourth-order valence-corrected chi connectivity index (χ4v) is 6.57. The van der Waals surface area contributed by atoms with Crippen molar-refractivity contribution in [3.05, 3.63) is 108 Å². The van der Waals surface area contributed by atoms with E-state index in [0.717, 1.165) is 62.9 Å². The number of aliphatic hydroxyl groups excluding tert-OH is 1. The molecule has 1 aliphatic rings. The molecule has 0 aliphatic carbocycles. The molecule has 266 valence electrons. The molecule has 1 aliphatic heterocycles. The monoisotopic (exact) mass is 689 g/mol. The lowest BCUT2D eigenvalue weighted by atomic mass is 9.98. The maximum absolute atomic E-state index is 13.3. The minimum Gasteiger partial charge on any atom is -0.493 e. The van der Waals surface area contributed by atoms with E-state index in [0.29, 0.717) is 46.6 Å². The van der Waals surface area contributed by atoms with E-state index in [2.05, 4.69) is 56.7 Å². The predicted octanol–water partition coefficient (Wildman–Crippen LogP) is 8.20. The van der Waals surface area contributed by atoms with Gasteiger partial charge < -0.3 is 35.1 Å². The molecule has 1 aromatic heterocycles. The summed E-state index contributed by atoms with van der Waals surface area (Å²) in [4.78, 5) is 27.8. The molecule has 1 atom stereocenters. The summed E-state index contributed by atoms with van der Waals surface area (Å²) in [5.41, 5.74) is 5.09. The molecular formula is C41H47N5O5. The first-order chi connectivity index (χ1) is 24.9. The normalized spacial score (nSPS) is 14.6. The lowest BCUT2D eigenvalue weighted by Crippen LogP contribution is -2.36. The van der Waals surface area contributed by atoms with Crippen LogP contribution in [0.3, 0.4) is 0 Å². The Balaban J connectivity index is 1.08. The van der Waals surface area contributed by atoms with Gasteiger partial charge in [-0.25, -0.2) is 4.79 Å². The number of benzene rings is 4. The highest BCUT2D eigenvalue weighted by molar-refractivity contribution is 6.04. The van der Waals surface area contributed by atoms with Crippen molar-refractivity contribution < 1.29 is 24.2 Å². The quantitative estimate of drug-likeness (QED) is 0.0874. The predicted molar refractivity (Wildman–Crippen MR) is 202 cm³/mol. The molecular weight excluding hydrogens is 642 g/mol. The Bertz CT molecular complexity index is 1920. The van der Waals surface area contributed by atoms with Gasteiger partial charge in [0.25, 0.3) is 5.91 Å². The number of para-hydroxylation sites is 1. The number of aliphatic hydroxyl groups is 1. The highest BCUT2D eigenvalue weighted by Crippen LogP contribution is 2.35. The fourth-order valence-electron chi connectivity index (χ4n) is 6.57. The molecule has 4 N–H and O–H groups in total. The van der Waals surface area contributed by atoms with Crippen molar-refractivity contribution in [2.45, 2.75) is 45.6 Å². The molecule has 1 unspecified atom stereocenters. The number of amides is 3. The van der Waals surface area contributed by atoms with Crippen molar-refractivity contribution in [2.24, 2.45) is 5.92 Å². The molecule has 1 fully saturated rings. The van der Waals surface area contributed by atoms with Crippen LogP contribution in [0.25, 0.3) is 16.6 Å². The number of fused-ring (bicyclic) bond motifs is 1. The van der Waals surface area contributed by atoms with Crippen molar-refractivity contribution in [1.82, 2.24) is 14.8 Å². The highest BCUT2D eigenvalue weighted by atomic mass is 16.5. The summed E-state index contributed by atoms with van der Waals surface area (Å²) in [6, 6.07) is 28.1. The SMILES string of the molecule is CCCCCNC(=O)Nc1ccc(Oc2ccc(NC(=O)c3ccc(-n4cc(CN5CCCC(CO)C5)c5ccccc54)cc3)cc2OC)cc1. The van der Waals surface area contributed by atoms with Crippen LogP contribution in [0, 0.1) is 5.92 Å². The third-order valence-electron chi connectivity index (χ3n) is 9.28. The average Bonchev–Trinajstić information content (AvgIpc) is 3.52. The van der Waals surface area contributed by atoms with Gasteiger partial charge in [0.1, 0.15) is 5.75 Å². The fraction of sp³-hybridized carbons (Fsp3) is 0.317. The Morgan fingerprint density at radius 2 is 1.69 bits per heavy atom. The third kappa shape index (κ3) is 9.08. The molecule has 1 saturated heterocycles. The number of nitrogens with zero attached hydrogens (tertiary/aromatic N) is 2. The highest BCUT2D eigenvalue weighted by Gasteiger charge is 2.21. The van der Waals surface area contributed by atoms with E-state index in [4.69, 9.17) is 9.47 Å². The Labute approximate surface area is 299 Å². The number of carbonyl (C=O) groups excluding carboxylic acids is 2. The topological polar surface area (TPSA) is 117 Å². The first-order valence-corrected chi connectivity index (χ1v) is 17.8. The van der Waals surface area contributed by atoms with Gasteiger partial charge in [0, 0.05) is 66.5 Å². The van der Waals surface area contributed by atoms with Crippen molar-refractivity contribution in [1.29, 1.82) is 0 Å². The minimum atomic E-state index is -0.239. The molecule has 0 spiro atoms. The summed E-state index contributed by atoms with van der Waals surface area (Å²) in [5.74, 6) is 1.62. The van der Waals surface area contributed by atoms with E-state index in [1.807, 2.05) is 30.3 Å². The molecule has 10 nitrogen and oxygen atoms in total. The summed E-state index contributed by atoms with van der Waals surface area (Å²) >= 11 is 0. The van der Waals surface area contributed by atoms with Crippen LogP contribution in [0.5, 0.6) is 17.2 Å². The number of rotatable bonds is 14. The number of ether oxygens (including phenoxy) is 2. The molecule has 51 heavy (non-hydrogen) atoms. The number of nitrogens with one attached hydrogen (secondary N) is 3. The van der Waals surface area contributed by atoms with Crippen LogP contribution in [0.4, 0.5) is 16.2 Å². The summed E-state index contributed by atoms with van der Waals surface area (Å²) < 4.78 is 13.8. The van der Waals surface area contributed by atoms with Gasteiger partial charge in [0.2, 0.25) is 0 Å². The van der Waals surface area contributed by atoms with Crippen LogP contribution in [-0.4, -0.2) is 59.9 Å². The van der Waals surface area contributed by atoms with E-state index >= 15 is 0 Å². The molecule has 2 heterocycles. The van der Waals surface area contributed by atoms with Gasteiger partial charge in [0.15, 0.2) is 11.5 Å². The van der Waals surface area contributed by atoms with Gasteiger partial charge in [-0.15, -0.1) is 0 Å². The van der Waals surface area contributed by atoms with Crippen LogP contribution in [0.2, 0.25) is 0 Å². The standard InChI is InChI=1S/C41H47N5O5/c1-3-4-7-22-42-41(49)44-32-14-19-35(20-15-32)51-38-21-16-33(24-39(38)50-2)43-40(48)30-12-17-34(18-13-30)46-27-31(36-10-5-6-11-37(36)46)26-45-23-8-9-29(25-45)28-47/h5-6,10-21,24,27,29,47H,3-4,7-9,22-23,25-26,28H2,1-2H3,(H,43,48)(H2,42,44,49). The molecule has 3 amide bonds. The Morgan fingerprint density at radius 3 is 2.45 bits per heavy atom. The van der Waals surface area contributed by atoms with Crippen molar-refractivity contribution >= 4 is 34.2 Å². The second kappa shape index (κ2) is 17.1. The number of hydrogen-bond acceptors (Lipinski definition) is 6. The second-order valence-electron chi connectivity index (χ2n) is 13.0. The van der Waals surface area contributed by atoms with Crippen molar-refractivity contribution in [3.8, 4) is 22.9 Å². The lowest BCUT2D eigenvalue weighted by Gasteiger charge is -2.31. The van der Waals surface area contributed by atoms with Crippen LogP contribution in [-0.2, 0) is 6.54 Å². The average molecular weight is 690 g/mol. The van der Waals surface area contributed by atoms with Gasteiger partial charge in [-0.3, -0.25) is 9.69 Å². The van der Waals surface area contributed by atoms with E-state index in [1.54, 1.807) is 49.6 Å². The van der Waals surface area contributed by atoms with Crippen LogP contribution in [0.15, 0.2) is 97.2 Å². The molecule has 0 radical (unpaired) electrons. The number of piperidine rings is 1. The number of carbonyl (C=O) groups is 2. The Kier molecular flexibility index (Phi) is 11.9. The first-order valence-electron chi connectivity index (χ1n) is 17.8. The number of hydrogen-bond donors (Lipinski definition) is 4. The van der Waals surface area contributed by atoms with E-state index in [-0.39, 0.29) is 18.5 Å². The summed E-state index contributed by atoms with van der Waals surface area (Å²) in [6.07, 6.45) is 7.52. The zero-order chi connectivity index (χ0) is 35.6. The maximum Gasteiger partial charge on any atom is 0.319 e. The molecule has 5 aromatic rings. The van der Waals surface area contributed by atoms with Crippen molar-refractivity contribution in [3.63, 3.8) is 0 Å². The Hall–Kier alpha value is -5.32. The van der Waals surface area contributed by atoms with E-state index in [1.165, 1.54) is 10.9 Å². The zero-order valence-electron chi connectivity index (χ0n) is 29.4. The number of unbranched alkanes of at least 4 members (excludes halogenated alkanes) is 2. The van der Waals surface area contributed by atoms with E-state index < -0.39 is 0 Å². The smallest absolute Gasteiger partial charge is 0.319 e. The van der Waals surface area contributed by atoms with Gasteiger partial charge >= 0.3 is 6.03 Å². The zero-order valence-corrected chi connectivity index (χ0v) is 29.4. The summed E-state index contributed by atoms with van der Waals surface area (Å²) in [5, 5.41) is 19.6. The molecule has 0 saturated carbocycles. The maximum atomic E-state index is 13.3. The minimum absolute atomic E-state index is 0.236. The molecule has 4 aromatic carbocycles. The first kappa shape index (κ1) is 35.5. The molecule has 6 rings (SSSR count). The second-order valence-corrected chi connectivity index (χ2v) is 13.0. The van der Waals surface area contributed by atoms with Gasteiger partial charge in [-0.2, -0.15) is 0 Å². The van der Waals surface area contributed by atoms with E-state index in [9.17, 15) is 14.7 Å². The number of likely N-dealkylation sites (tertiary alicyclic amines) is 1. The number of aromatic nitrogens is 1. The molecule has 10 heteroatoms. The van der Waals surface area contributed by atoms with Gasteiger partial charge in [-0.05, 0) is 104 Å².